The van der Waals surface area contributed by atoms with E-state index in [1.54, 1.807) is 6.07 Å². The Hall–Kier alpha value is -2.62. The minimum atomic E-state index is -0.526. The highest BCUT2D eigenvalue weighted by Crippen LogP contribution is 2.49. The van der Waals surface area contributed by atoms with Crippen molar-refractivity contribution in [2.24, 2.45) is 0 Å². The predicted octanol–water partition coefficient (Wildman–Crippen LogP) is 5.84. The maximum absolute atomic E-state index is 14.7. The second kappa shape index (κ2) is 6.47. The zero-order valence-electron chi connectivity index (χ0n) is 16.9. The Bertz CT molecular complexity index is 1050. The van der Waals surface area contributed by atoms with Crippen molar-refractivity contribution < 1.29 is 9.18 Å². The average molecular weight is 378 g/mol. The maximum atomic E-state index is 14.7. The molecule has 0 atom stereocenters. The third kappa shape index (κ3) is 3.21. The Morgan fingerprint density at radius 2 is 1.93 bits per heavy atom. The molecule has 2 aromatic carbocycles. The highest BCUT2D eigenvalue weighted by Gasteiger charge is 2.51. The van der Waals surface area contributed by atoms with Crippen molar-refractivity contribution >= 4 is 22.5 Å². The first kappa shape index (κ1) is 18.7. The summed E-state index contributed by atoms with van der Waals surface area (Å²) in [6.45, 7) is 8.43. The number of hydrogen-bond donors (Lipinski definition) is 2. The summed E-state index contributed by atoms with van der Waals surface area (Å²) in [5.74, 6) is -0.535. The van der Waals surface area contributed by atoms with Crippen LogP contribution in [-0.4, -0.2) is 10.9 Å². The second-order valence-corrected chi connectivity index (χ2v) is 8.94. The normalized spacial score (nSPS) is 15.6. The van der Waals surface area contributed by atoms with Crippen molar-refractivity contribution in [2.75, 3.05) is 5.32 Å². The molecule has 0 bridgehead atoms. The zero-order chi connectivity index (χ0) is 20.1. The molecule has 0 radical (unpaired) electrons. The van der Waals surface area contributed by atoms with Gasteiger partial charge >= 0.3 is 0 Å². The molecular weight excluding hydrogens is 351 g/mol. The largest absolute Gasteiger partial charge is 0.358 e. The molecule has 0 spiro atoms. The maximum Gasteiger partial charge on any atom is 0.235 e. The molecule has 1 aliphatic rings. The summed E-state index contributed by atoms with van der Waals surface area (Å²) < 4.78 is 14.7. The lowest BCUT2D eigenvalue weighted by Gasteiger charge is -2.17. The number of amides is 1. The number of aromatic amines is 1. The van der Waals surface area contributed by atoms with E-state index in [0.717, 1.165) is 41.4 Å². The number of aryl methyl sites for hydroxylation is 1. The highest BCUT2D eigenvalue weighted by atomic mass is 19.1. The van der Waals surface area contributed by atoms with E-state index in [0.29, 0.717) is 0 Å². The molecule has 28 heavy (non-hydrogen) atoms. The van der Waals surface area contributed by atoms with E-state index < -0.39 is 11.2 Å². The molecule has 146 valence electrons. The molecule has 0 saturated heterocycles. The van der Waals surface area contributed by atoms with Crippen LogP contribution in [0.3, 0.4) is 0 Å². The Balaban J connectivity index is 1.64. The summed E-state index contributed by atoms with van der Waals surface area (Å²) in [6, 6.07) is 13.4. The summed E-state index contributed by atoms with van der Waals surface area (Å²) in [7, 11) is 0. The quantitative estimate of drug-likeness (QED) is 0.589. The van der Waals surface area contributed by atoms with Gasteiger partial charge in [-0.3, -0.25) is 4.79 Å². The Morgan fingerprint density at radius 1 is 1.18 bits per heavy atom. The fraction of sp³-hybridized carbons (Fsp3) is 0.375. The topological polar surface area (TPSA) is 44.9 Å². The lowest BCUT2D eigenvalue weighted by molar-refractivity contribution is -0.118. The first-order chi connectivity index (χ1) is 13.2. The van der Waals surface area contributed by atoms with E-state index in [-0.39, 0.29) is 17.0 Å². The number of fused-ring (bicyclic) bond motifs is 1. The van der Waals surface area contributed by atoms with E-state index in [1.165, 1.54) is 11.6 Å². The van der Waals surface area contributed by atoms with Crippen LogP contribution in [-0.2, 0) is 22.0 Å². The molecule has 1 heterocycles. The van der Waals surface area contributed by atoms with Gasteiger partial charge in [0.2, 0.25) is 5.91 Å². The van der Waals surface area contributed by atoms with Crippen LogP contribution in [0.1, 0.15) is 57.4 Å². The van der Waals surface area contributed by atoms with Gasteiger partial charge in [0, 0.05) is 28.1 Å². The van der Waals surface area contributed by atoms with E-state index in [2.05, 4.69) is 50.1 Å². The van der Waals surface area contributed by atoms with Gasteiger partial charge in [-0.15, -0.1) is 0 Å². The molecule has 0 aliphatic heterocycles. The third-order valence-corrected chi connectivity index (χ3v) is 5.84. The highest BCUT2D eigenvalue weighted by molar-refractivity contribution is 6.02. The molecule has 1 aromatic heterocycles. The molecule has 1 aliphatic carbocycles. The fourth-order valence-electron chi connectivity index (χ4n) is 3.76. The van der Waals surface area contributed by atoms with Crippen LogP contribution in [0.5, 0.6) is 0 Å². The number of benzene rings is 2. The van der Waals surface area contributed by atoms with Crippen molar-refractivity contribution in [1.82, 2.24) is 4.98 Å². The molecule has 3 nitrogen and oxygen atoms in total. The molecule has 4 rings (SSSR count). The summed E-state index contributed by atoms with van der Waals surface area (Å²) in [5.41, 5.74) is 3.70. The number of aromatic nitrogens is 1. The Kier molecular flexibility index (Phi) is 4.33. The first-order valence-corrected chi connectivity index (χ1v) is 9.96. The second-order valence-electron chi connectivity index (χ2n) is 8.94. The van der Waals surface area contributed by atoms with Gasteiger partial charge in [0.25, 0.3) is 0 Å². The van der Waals surface area contributed by atoms with Gasteiger partial charge in [-0.25, -0.2) is 4.39 Å². The van der Waals surface area contributed by atoms with E-state index in [9.17, 15) is 9.18 Å². The fourth-order valence-corrected chi connectivity index (χ4v) is 3.76. The molecule has 1 fully saturated rings. The summed E-state index contributed by atoms with van der Waals surface area (Å²) >= 11 is 0. The molecule has 1 amide bonds. The van der Waals surface area contributed by atoms with Crippen molar-refractivity contribution in [3.8, 4) is 0 Å². The van der Waals surface area contributed by atoms with Gasteiger partial charge in [-0.2, -0.15) is 0 Å². The van der Waals surface area contributed by atoms with Crippen LogP contribution in [0, 0.1) is 5.82 Å². The summed E-state index contributed by atoms with van der Waals surface area (Å²) in [6.07, 6.45) is 2.53. The zero-order valence-corrected chi connectivity index (χ0v) is 16.9. The molecule has 4 heteroatoms. The third-order valence-electron chi connectivity index (χ3n) is 5.84. The van der Waals surface area contributed by atoms with E-state index in [4.69, 9.17) is 0 Å². The van der Waals surface area contributed by atoms with Crippen LogP contribution in [0.2, 0.25) is 0 Å². The van der Waals surface area contributed by atoms with E-state index >= 15 is 0 Å². The van der Waals surface area contributed by atoms with Crippen LogP contribution in [0.4, 0.5) is 10.1 Å². The van der Waals surface area contributed by atoms with Gasteiger partial charge in [-0.1, -0.05) is 52.0 Å². The molecule has 3 aromatic rings. The summed E-state index contributed by atoms with van der Waals surface area (Å²) in [5, 5.41) is 3.76. The first-order valence-electron chi connectivity index (χ1n) is 9.96. The number of carbonyl (C=O) groups excluding carboxylic acids is 1. The van der Waals surface area contributed by atoms with Crippen LogP contribution >= 0.6 is 0 Å². The van der Waals surface area contributed by atoms with Crippen molar-refractivity contribution in [1.29, 1.82) is 0 Å². The minimum absolute atomic E-state index is 0.0543. The van der Waals surface area contributed by atoms with Crippen LogP contribution < -0.4 is 5.32 Å². The monoisotopic (exact) mass is 378 g/mol. The predicted molar refractivity (Wildman–Crippen MR) is 112 cm³/mol. The van der Waals surface area contributed by atoms with Gasteiger partial charge in [0.1, 0.15) is 5.82 Å². The Labute approximate surface area is 165 Å². The van der Waals surface area contributed by atoms with Crippen molar-refractivity contribution in [2.45, 2.75) is 57.8 Å². The standard InChI is InChI=1S/C24H27FN2O/c1-5-15-7-6-8-17(11-15)24(9-10-24)22(28)27-20-12-16-13-21(23(2,3)4)26-19(16)14-18(20)25/h6-8,11-14,26H,5,9-10H2,1-4H3,(H,27,28). The van der Waals surface area contributed by atoms with E-state index in [1.807, 2.05) is 18.2 Å². The van der Waals surface area contributed by atoms with Gasteiger partial charge < -0.3 is 10.3 Å². The smallest absolute Gasteiger partial charge is 0.235 e. The van der Waals surface area contributed by atoms with Crippen molar-refractivity contribution in [3.63, 3.8) is 0 Å². The number of hydrogen-bond acceptors (Lipinski definition) is 1. The van der Waals surface area contributed by atoms with Gasteiger partial charge in [-0.05, 0) is 42.5 Å². The number of H-pyrrole nitrogens is 1. The minimum Gasteiger partial charge on any atom is -0.358 e. The number of anilines is 1. The van der Waals surface area contributed by atoms with Gasteiger partial charge in [0.05, 0.1) is 11.1 Å². The number of carbonyl (C=O) groups is 1. The number of halogens is 1. The molecule has 2 N–H and O–H groups in total. The number of rotatable bonds is 4. The van der Waals surface area contributed by atoms with Gasteiger partial charge in [0.15, 0.2) is 0 Å². The average Bonchev–Trinajstić information content (AvgIpc) is 3.36. The SMILES string of the molecule is CCc1cccc(C2(C(=O)Nc3cc4cc(C(C)(C)C)[nH]c4cc3F)CC2)c1. The lowest BCUT2D eigenvalue weighted by Crippen LogP contribution is -2.28. The molecular formula is C24H27FN2O. The van der Waals surface area contributed by atoms with Crippen molar-refractivity contribution in [3.05, 3.63) is 65.1 Å². The summed E-state index contributed by atoms with van der Waals surface area (Å²) in [4.78, 5) is 16.3. The van der Waals surface area contributed by atoms with Crippen LogP contribution in [0.25, 0.3) is 10.9 Å². The molecule has 0 unspecified atom stereocenters. The Morgan fingerprint density at radius 3 is 2.57 bits per heavy atom. The molecule has 1 saturated carbocycles. The lowest BCUT2D eigenvalue weighted by atomic mass is 9.92. The van der Waals surface area contributed by atoms with Crippen LogP contribution in [0.15, 0.2) is 42.5 Å². The number of nitrogens with one attached hydrogen (secondary N) is 2.